The third-order valence-corrected chi connectivity index (χ3v) is 6.96. The van der Waals surface area contributed by atoms with Crippen LogP contribution < -0.4 is 5.73 Å². The van der Waals surface area contributed by atoms with Gasteiger partial charge in [-0.25, -0.2) is 0 Å². The van der Waals surface area contributed by atoms with E-state index in [1.54, 1.807) is 0 Å². The minimum Gasteiger partial charge on any atom is -0.330 e. The van der Waals surface area contributed by atoms with E-state index in [-0.39, 0.29) is 11.6 Å². The maximum Gasteiger partial charge on any atom is 0.334 e. The molecule has 0 spiro atoms. The van der Waals surface area contributed by atoms with Gasteiger partial charge in [0.15, 0.2) is 0 Å². The third-order valence-electron chi connectivity index (χ3n) is 4.57. The lowest BCUT2D eigenvalue weighted by atomic mass is 9.86. The average molecular weight is 361 g/mol. The molecule has 1 atom stereocenters. The monoisotopic (exact) mass is 361 g/mol. The molecule has 0 aliphatic carbocycles. The highest BCUT2D eigenvalue weighted by Crippen LogP contribution is 2.59. The SMILES string of the molecule is COP(=O)(OC)C(CCCCN)C(c1ccccc1)c1ccccc1. The summed E-state index contributed by atoms with van der Waals surface area (Å²) in [5.41, 5.74) is 7.61. The summed E-state index contributed by atoms with van der Waals surface area (Å²) in [6.07, 6.45) is 2.50. The molecule has 0 heterocycles. The second kappa shape index (κ2) is 9.88. The van der Waals surface area contributed by atoms with Crippen molar-refractivity contribution in [2.75, 3.05) is 20.8 Å². The largest absolute Gasteiger partial charge is 0.334 e. The van der Waals surface area contributed by atoms with Crippen LogP contribution in [0.2, 0.25) is 0 Å². The van der Waals surface area contributed by atoms with Crippen LogP contribution in [-0.4, -0.2) is 26.4 Å². The molecule has 0 fully saturated rings. The summed E-state index contributed by atoms with van der Waals surface area (Å²) in [5.74, 6) is -0.0640. The van der Waals surface area contributed by atoms with Crippen LogP contribution in [0.4, 0.5) is 0 Å². The van der Waals surface area contributed by atoms with E-state index in [4.69, 9.17) is 14.8 Å². The highest BCUT2D eigenvalue weighted by Gasteiger charge is 2.40. The number of unbranched alkanes of at least 4 members (excludes halogenated alkanes) is 1. The van der Waals surface area contributed by atoms with Crippen LogP contribution in [0.1, 0.15) is 36.3 Å². The summed E-state index contributed by atoms with van der Waals surface area (Å²) < 4.78 is 24.2. The van der Waals surface area contributed by atoms with Crippen LogP contribution in [-0.2, 0) is 13.6 Å². The van der Waals surface area contributed by atoms with Gasteiger partial charge in [0.2, 0.25) is 0 Å². The molecule has 136 valence electrons. The minimum absolute atomic E-state index is 0.0640. The van der Waals surface area contributed by atoms with Crippen molar-refractivity contribution in [1.29, 1.82) is 0 Å². The van der Waals surface area contributed by atoms with Gasteiger partial charge >= 0.3 is 7.60 Å². The Balaban J connectivity index is 2.50. The summed E-state index contributed by atoms with van der Waals surface area (Å²) in [7, 11) is -0.328. The summed E-state index contributed by atoms with van der Waals surface area (Å²) in [4.78, 5) is 0. The molecule has 2 N–H and O–H groups in total. The van der Waals surface area contributed by atoms with E-state index in [1.165, 1.54) is 14.2 Å². The van der Waals surface area contributed by atoms with Crippen molar-refractivity contribution in [3.05, 3.63) is 71.8 Å². The number of nitrogens with two attached hydrogens (primary N) is 1. The van der Waals surface area contributed by atoms with Crippen molar-refractivity contribution in [1.82, 2.24) is 0 Å². The van der Waals surface area contributed by atoms with Gasteiger partial charge in [0.25, 0.3) is 0 Å². The topological polar surface area (TPSA) is 61.5 Å². The second-order valence-corrected chi connectivity index (χ2v) is 8.53. The smallest absolute Gasteiger partial charge is 0.330 e. The van der Waals surface area contributed by atoms with Crippen LogP contribution >= 0.6 is 7.60 Å². The van der Waals surface area contributed by atoms with Crippen molar-refractivity contribution in [2.45, 2.75) is 30.8 Å². The van der Waals surface area contributed by atoms with Crippen LogP contribution in [0.5, 0.6) is 0 Å². The maximum absolute atomic E-state index is 13.4. The van der Waals surface area contributed by atoms with Gasteiger partial charge in [-0.05, 0) is 30.5 Å². The van der Waals surface area contributed by atoms with Crippen LogP contribution in [0.15, 0.2) is 60.7 Å². The van der Waals surface area contributed by atoms with E-state index in [2.05, 4.69) is 24.3 Å². The Morgan fingerprint density at radius 1 is 0.880 bits per heavy atom. The molecule has 0 saturated heterocycles. The molecule has 2 rings (SSSR count). The first-order chi connectivity index (χ1) is 12.2. The van der Waals surface area contributed by atoms with Gasteiger partial charge in [0.05, 0.1) is 5.66 Å². The molecule has 0 saturated carbocycles. The van der Waals surface area contributed by atoms with E-state index >= 15 is 0 Å². The average Bonchev–Trinajstić information content (AvgIpc) is 2.68. The zero-order chi connectivity index (χ0) is 18.1. The molecule has 0 aliphatic heterocycles. The molecule has 0 bridgehead atoms. The van der Waals surface area contributed by atoms with E-state index in [1.807, 2.05) is 36.4 Å². The highest BCUT2D eigenvalue weighted by atomic mass is 31.2. The van der Waals surface area contributed by atoms with Gasteiger partial charge in [-0.15, -0.1) is 0 Å². The third kappa shape index (κ3) is 5.02. The van der Waals surface area contributed by atoms with Crippen molar-refractivity contribution < 1.29 is 13.6 Å². The minimum atomic E-state index is -3.26. The number of hydrogen-bond donors (Lipinski definition) is 1. The zero-order valence-electron chi connectivity index (χ0n) is 15.0. The Kier molecular flexibility index (Phi) is 7.86. The lowest BCUT2D eigenvalue weighted by molar-refractivity contribution is 0.259. The normalized spacial score (nSPS) is 13.1. The molecule has 25 heavy (non-hydrogen) atoms. The van der Waals surface area contributed by atoms with E-state index < -0.39 is 7.60 Å². The van der Waals surface area contributed by atoms with Gasteiger partial charge in [0.1, 0.15) is 0 Å². The Hall–Kier alpha value is -1.45. The predicted molar refractivity (Wildman–Crippen MR) is 103 cm³/mol. The molecular formula is C20H28NO3P. The summed E-state index contributed by atoms with van der Waals surface area (Å²) in [6, 6.07) is 20.3. The van der Waals surface area contributed by atoms with E-state index in [0.717, 1.165) is 30.4 Å². The first-order valence-electron chi connectivity index (χ1n) is 8.67. The molecule has 0 radical (unpaired) electrons. The van der Waals surface area contributed by atoms with Gasteiger partial charge in [-0.2, -0.15) is 0 Å². The molecule has 2 aromatic carbocycles. The van der Waals surface area contributed by atoms with E-state index in [0.29, 0.717) is 6.54 Å². The van der Waals surface area contributed by atoms with Crippen LogP contribution in [0.25, 0.3) is 0 Å². The molecule has 0 aliphatic rings. The Morgan fingerprint density at radius 2 is 1.36 bits per heavy atom. The van der Waals surface area contributed by atoms with Gasteiger partial charge < -0.3 is 14.8 Å². The van der Waals surface area contributed by atoms with Crippen LogP contribution in [0.3, 0.4) is 0 Å². The first-order valence-corrected chi connectivity index (χ1v) is 10.3. The number of rotatable bonds is 10. The second-order valence-electron chi connectivity index (χ2n) is 6.06. The molecular weight excluding hydrogens is 333 g/mol. The molecule has 1 unspecified atom stereocenters. The summed E-state index contributed by atoms with van der Waals surface area (Å²) in [5, 5.41) is 0. The molecule has 2 aromatic rings. The fourth-order valence-corrected chi connectivity index (χ4v) is 5.21. The fraction of sp³-hybridized carbons (Fsp3) is 0.400. The molecule has 0 amide bonds. The van der Waals surface area contributed by atoms with Crippen molar-refractivity contribution in [3.8, 4) is 0 Å². The van der Waals surface area contributed by atoms with Crippen molar-refractivity contribution >= 4 is 7.60 Å². The van der Waals surface area contributed by atoms with Gasteiger partial charge in [0, 0.05) is 20.1 Å². The van der Waals surface area contributed by atoms with Crippen molar-refractivity contribution in [3.63, 3.8) is 0 Å². The zero-order valence-corrected chi connectivity index (χ0v) is 15.9. The molecule has 4 nitrogen and oxygen atoms in total. The molecule has 5 heteroatoms. The predicted octanol–water partition coefficient (Wildman–Crippen LogP) is 4.80. The Bertz CT molecular complexity index is 616. The standard InChI is InChI=1S/C20H28NO3P/c1-23-25(22,24-2)19(15-9-10-16-21)20(17-11-5-3-6-12-17)18-13-7-4-8-14-18/h3-8,11-14,19-20H,9-10,15-16,21H2,1-2H3. The fourth-order valence-electron chi connectivity index (χ4n) is 3.31. The summed E-state index contributed by atoms with van der Waals surface area (Å²) in [6.45, 7) is 0.623. The lowest BCUT2D eigenvalue weighted by Gasteiger charge is -2.32. The first kappa shape index (κ1) is 19.9. The van der Waals surface area contributed by atoms with Gasteiger partial charge in [-0.1, -0.05) is 67.1 Å². The van der Waals surface area contributed by atoms with E-state index in [9.17, 15) is 4.57 Å². The Labute approximate surface area is 150 Å². The maximum atomic E-state index is 13.4. The molecule has 0 aromatic heterocycles. The van der Waals surface area contributed by atoms with Gasteiger partial charge in [-0.3, -0.25) is 4.57 Å². The quantitative estimate of drug-likeness (QED) is 0.488. The summed E-state index contributed by atoms with van der Waals surface area (Å²) >= 11 is 0. The number of hydrogen-bond acceptors (Lipinski definition) is 4. The van der Waals surface area contributed by atoms with Crippen molar-refractivity contribution in [2.24, 2.45) is 5.73 Å². The number of benzene rings is 2. The van der Waals surface area contributed by atoms with Crippen LogP contribution in [0, 0.1) is 0 Å². The lowest BCUT2D eigenvalue weighted by Crippen LogP contribution is -2.22. The Morgan fingerprint density at radius 3 is 1.76 bits per heavy atom. The highest BCUT2D eigenvalue weighted by molar-refractivity contribution is 7.54.